The predicted molar refractivity (Wildman–Crippen MR) is 84.8 cm³/mol. The first kappa shape index (κ1) is 16.6. The second-order valence-electron chi connectivity index (χ2n) is 4.87. The number of aliphatic hydroxyl groups excluding tert-OH is 1. The fourth-order valence-corrected chi connectivity index (χ4v) is 2.13. The van der Waals surface area contributed by atoms with E-state index in [9.17, 15) is 9.59 Å². The van der Waals surface area contributed by atoms with Crippen LogP contribution in [0.15, 0.2) is 36.4 Å². The number of hydrogen-bond acceptors (Lipinski definition) is 5. The molecule has 0 radical (unpaired) electrons. The maximum Gasteiger partial charge on any atom is 0.269 e. The molecule has 1 aromatic heterocycles. The molecule has 0 fully saturated rings. The molecule has 23 heavy (non-hydrogen) atoms. The van der Waals surface area contributed by atoms with Crippen molar-refractivity contribution in [2.24, 2.45) is 0 Å². The van der Waals surface area contributed by atoms with E-state index in [1.54, 1.807) is 12.1 Å². The molecule has 0 spiro atoms. The minimum atomic E-state index is -0.338. The van der Waals surface area contributed by atoms with Crippen molar-refractivity contribution < 1.29 is 19.4 Å². The van der Waals surface area contributed by atoms with Gasteiger partial charge in [0, 0.05) is 24.7 Å². The number of carbonyl (C=O) groups is 2. The Bertz CT molecular complexity index is 701. The summed E-state index contributed by atoms with van der Waals surface area (Å²) in [5.41, 5.74) is 2.16. The van der Waals surface area contributed by atoms with Crippen LogP contribution in [-0.2, 0) is 6.42 Å². The quantitative estimate of drug-likeness (QED) is 0.750. The zero-order chi connectivity index (χ0) is 16.7. The van der Waals surface area contributed by atoms with Gasteiger partial charge in [0.1, 0.15) is 24.3 Å². The molecule has 120 valence electrons. The van der Waals surface area contributed by atoms with Crippen LogP contribution in [0.5, 0.6) is 5.75 Å². The van der Waals surface area contributed by atoms with Gasteiger partial charge >= 0.3 is 0 Å². The van der Waals surface area contributed by atoms with E-state index in [1.165, 1.54) is 13.1 Å². The van der Waals surface area contributed by atoms with Crippen LogP contribution in [0.4, 0.5) is 0 Å². The van der Waals surface area contributed by atoms with Crippen LogP contribution < -0.4 is 10.1 Å². The van der Waals surface area contributed by atoms with Crippen LogP contribution in [0.25, 0.3) is 0 Å². The van der Waals surface area contributed by atoms with Crippen molar-refractivity contribution in [3.8, 4) is 5.75 Å². The van der Waals surface area contributed by atoms with E-state index in [4.69, 9.17) is 9.84 Å². The predicted octanol–water partition coefficient (Wildman–Crippen LogP) is 1.22. The maximum atomic E-state index is 11.7. The third kappa shape index (κ3) is 4.62. The SMILES string of the molecule is CNC(=O)c1cc(C=O)cc(Cc2cccc(OCCO)c2)n1. The number of pyridine rings is 1. The van der Waals surface area contributed by atoms with E-state index < -0.39 is 0 Å². The lowest BCUT2D eigenvalue weighted by atomic mass is 10.1. The Morgan fingerprint density at radius 2 is 2.17 bits per heavy atom. The number of aldehydes is 1. The third-order valence-corrected chi connectivity index (χ3v) is 3.14. The van der Waals surface area contributed by atoms with Gasteiger partial charge in [-0.3, -0.25) is 9.59 Å². The second kappa shape index (κ2) is 8.05. The Balaban J connectivity index is 2.25. The summed E-state index contributed by atoms with van der Waals surface area (Å²) < 4.78 is 5.37. The van der Waals surface area contributed by atoms with Gasteiger partial charge in [0.15, 0.2) is 0 Å². The molecule has 0 saturated heterocycles. The molecule has 0 bridgehead atoms. The van der Waals surface area contributed by atoms with Crippen LogP contribution in [0.3, 0.4) is 0 Å². The molecule has 1 amide bonds. The smallest absolute Gasteiger partial charge is 0.269 e. The topological polar surface area (TPSA) is 88.5 Å². The van der Waals surface area contributed by atoms with Gasteiger partial charge in [-0.05, 0) is 29.8 Å². The summed E-state index contributed by atoms with van der Waals surface area (Å²) in [7, 11) is 1.51. The van der Waals surface area contributed by atoms with Crippen molar-refractivity contribution >= 4 is 12.2 Å². The highest BCUT2D eigenvalue weighted by molar-refractivity contribution is 5.93. The number of aromatic nitrogens is 1. The number of amides is 1. The van der Waals surface area contributed by atoms with E-state index in [0.29, 0.717) is 29.7 Å². The largest absolute Gasteiger partial charge is 0.491 e. The zero-order valence-corrected chi connectivity index (χ0v) is 12.8. The fourth-order valence-electron chi connectivity index (χ4n) is 2.13. The summed E-state index contributed by atoms with van der Waals surface area (Å²) in [6, 6.07) is 10.5. The summed E-state index contributed by atoms with van der Waals surface area (Å²) in [6.45, 7) is 0.172. The summed E-state index contributed by atoms with van der Waals surface area (Å²) in [4.78, 5) is 27.1. The number of nitrogens with one attached hydrogen (secondary N) is 1. The molecule has 2 rings (SSSR count). The summed E-state index contributed by atoms with van der Waals surface area (Å²) in [5, 5.41) is 11.3. The van der Waals surface area contributed by atoms with Crippen LogP contribution in [0.1, 0.15) is 32.1 Å². The molecular weight excluding hydrogens is 296 g/mol. The van der Waals surface area contributed by atoms with Crippen LogP contribution in [-0.4, -0.2) is 42.5 Å². The molecular formula is C17H18N2O4. The summed E-state index contributed by atoms with van der Waals surface area (Å²) in [5.74, 6) is 0.310. The first-order valence-corrected chi connectivity index (χ1v) is 7.17. The number of carbonyl (C=O) groups excluding carboxylic acids is 2. The molecule has 1 aromatic carbocycles. The van der Waals surface area contributed by atoms with Crippen molar-refractivity contribution in [3.05, 3.63) is 58.9 Å². The average Bonchev–Trinajstić information content (AvgIpc) is 2.59. The Morgan fingerprint density at radius 1 is 1.35 bits per heavy atom. The van der Waals surface area contributed by atoms with Crippen molar-refractivity contribution in [3.63, 3.8) is 0 Å². The van der Waals surface area contributed by atoms with E-state index >= 15 is 0 Å². The molecule has 6 nitrogen and oxygen atoms in total. The fraction of sp³-hybridized carbons (Fsp3) is 0.235. The van der Waals surface area contributed by atoms with Gasteiger partial charge in [-0.25, -0.2) is 4.98 Å². The monoisotopic (exact) mass is 314 g/mol. The summed E-state index contributed by atoms with van der Waals surface area (Å²) >= 11 is 0. The van der Waals surface area contributed by atoms with E-state index in [2.05, 4.69) is 10.3 Å². The summed E-state index contributed by atoms with van der Waals surface area (Å²) in [6.07, 6.45) is 1.15. The van der Waals surface area contributed by atoms with Crippen molar-refractivity contribution in [1.82, 2.24) is 10.3 Å². The number of rotatable bonds is 7. The zero-order valence-electron chi connectivity index (χ0n) is 12.8. The Morgan fingerprint density at radius 3 is 2.87 bits per heavy atom. The van der Waals surface area contributed by atoms with Gasteiger partial charge in [-0.15, -0.1) is 0 Å². The van der Waals surface area contributed by atoms with Gasteiger partial charge < -0.3 is 15.2 Å². The standard InChI is InChI=1S/C17H18N2O4/c1-18-17(22)16-10-13(11-21)8-14(19-16)7-12-3-2-4-15(9-12)23-6-5-20/h2-4,8-11,20H,5-7H2,1H3,(H,18,22). The van der Waals surface area contributed by atoms with Crippen LogP contribution in [0.2, 0.25) is 0 Å². The molecule has 0 aliphatic carbocycles. The minimum absolute atomic E-state index is 0.0529. The molecule has 0 saturated carbocycles. The molecule has 0 aliphatic rings. The van der Waals surface area contributed by atoms with Gasteiger partial charge in [0.2, 0.25) is 0 Å². The van der Waals surface area contributed by atoms with Gasteiger partial charge in [0.25, 0.3) is 5.91 Å². The van der Waals surface area contributed by atoms with Crippen molar-refractivity contribution in [1.29, 1.82) is 0 Å². The molecule has 1 heterocycles. The number of nitrogens with zero attached hydrogens (tertiary/aromatic N) is 1. The highest BCUT2D eigenvalue weighted by Gasteiger charge is 2.10. The second-order valence-corrected chi connectivity index (χ2v) is 4.87. The highest BCUT2D eigenvalue weighted by atomic mass is 16.5. The molecule has 0 unspecified atom stereocenters. The number of hydrogen-bond donors (Lipinski definition) is 2. The highest BCUT2D eigenvalue weighted by Crippen LogP contribution is 2.17. The molecule has 6 heteroatoms. The number of benzene rings is 1. The van der Waals surface area contributed by atoms with Crippen molar-refractivity contribution in [2.75, 3.05) is 20.3 Å². The lowest BCUT2D eigenvalue weighted by molar-refractivity contribution is 0.0958. The van der Waals surface area contributed by atoms with Crippen LogP contribution in [0, 0.1) is 0 Å². The van der Waals surface area contributed by atoms with E-state index in [0.717, 1.165) is 5.56 Å². The van der Waals surface area contributed by atoms with E-state index in [-0.39, 0.29) is 24.8 Å². The number of aliphatic hydroxyl groups is 1. The molecule has 0 aliphatic heterocycles. The lowest BCUT2D eigenvalue weighted by Gasteiger charge is -2.08. The Kier molecular flexibility index (Phi) is 5.82. The third-order valence-electron chi connectivity index (χ3n) is 3.14. The first-order chi connectivity index (χ1) is 11.2. The van der Waals surface area contributed by atoms with E-state index in [1.807, 2.05) is 18.2 Å². The average molecular weight is 314 g/mol. The Hall–Kier alpha value is -2.73. The first-order valence-electron chi connectivity index (χ1n) is 7.17. The molecule has 2 aromatic rings. The molecule has 0 atom stereocenters. The molecule has 2 N–H and O–H groups in total. The minimum Gasteiger partial charge on any atom is -0.491 e. The Labute approximate surface area is 134 Å². The van der Waals surface area contributed by atoms with Crippen LogP contribution >= 0.6 is 0 Å². The van der Waals surface area contributed by atoms with Crippen molar-refractivity contribution in [2.45, 2.75) is 6.42 Å². The number of ether oxygens (including phenoxy) is 1. The van der Waals surface area contributed by atoms with Gasteiger partial charge in [0.05, 0.1) is 6.61 Å². The maximum absolute atomic E-state index is 11.7. The van der Waals surface area contributed by atoms with Gasteiger partial charge in [-0.1, -0.05) is 12.1 Å². The lowest BCUT2D eigenvalue weighted by Crippen LogP contribution is -2.20. The van der Waals surface area contributed by atoms with Gasteiger partial charge in [-0.2, -0.15) is 0 Å². The normalized spacial score (nSPS) is 10.2.